The molecule has 0 fully saturated rings. The van der Waals surface area contributed by atoms with E-state index in [0.29, 0.717) is 22.8 Å². The van der Waals surface area contributed by atoms with Crippen LogP contribution in [0.1, 0.15) is 11.1 Å². The van der Waals surface area contributed by atoms with E-state index in [9.17, 15) is 14.9 Å². The van der Waals surface area contributed by atoms with Crippen molar-refractivity contribution in [1.29, 1.82) is 0 Å². The van der Waals surface area contributed by atoms with Crippen LogP contribution in [-0.4, -0.2) is 37.0 Å². The van der Waals surface area contributed by atoms with E-state index in [2.05, 4.69) is 10.5 Å². The van der Waals surface area contributed by atoms with E-state index in [-0.39, 0.29) is 17.3 Å². The van der Waals surface area contributed by atoms with Crippen LogP contribution in [0.5, 0.6) is 11.5 Å². The number of methoxy groups -OCH3 is 2. The third kappa shape index (κ3) is 6.00. The van der Waals surface area contributed by atoms with Crippen molar-refractivity contribution in [1.82, 2.24) is 5.43 Å². The lowest BCUT2D eigenvalue weighted by atomic mass is 10.2. The first-order chi connectivity index (χ1) is 13.0. The average Bonchev–Trinajstić information content (AvgIpc) is 2.68. The fourth-order valence-electron chi connectivity index (χ4n) is 2.20. The standard InChI is InChI=1S/C18H19N3O5S/c1-25-16-5-3-4-14(18(16)26-2)10-19-20-17(22)12-27-11-13-6-8-15(9-7-13)21(23)24/h3-10H,11-12H2,1-2H3,(H,20,22). The van der Waals surface area contributed by atoms with Crippen molar-refractivity contribution in [2.75, 3.05) is 20.0 Å². The zero-order valence-electron chi connectivity index (χ0n) is 14.9. The third-order valence-corrected chi connectivity index (χ3v) is 4.48. The van der Waals surface area contributed by atoms with Crippen LogP contribution in [0.25, 0.3) is 0 Å². The number of benzene rings is 2. The van der Waals surface area contributed by atoms with Crippen molar-refractivity contribution in [3.8, 4) is 11.5 Å². The van der Waals surface area contributed by atoms with Crippen LogP contribution in [0.4, 0.5) is 5.69 Å². The number of amides is 1. The Morgan fingerprint density at radius 3 is 2.59 bits per heavy atom. The number of non-ortho nitro benzene ring substituents is 1. The number of hydrazone groups is 1. The number of nitrogens with zero attached hydrogens (tertiary/aromatic N) is 2. The van der Waals surface area contributed by atoms with Gasteiger partial charge in [0.2, 0.25) is 5.91 Å². The quantitative estimate of drug-likeness (QED) is 0.402. The minimum absolute atomic E-state index is 0.0452. The molecule has 2 rings (SSSR count). The van der Waals surface area contributed by atoms with Crippen LogP contribution in [0, 0.1) is 10.1 Å². The summed E-state index contributed by atoms with van der Waals surface area (Å²) in [5.74, 6) is 1.64. The Bertz CT molecular complexity index is 824. The lowest BCUT2D eigenvalue weighted by molar-refractivity contribution is -0.384. The molecule has 2 aromatic rings. The maximum atomic E-state index is 11.9. The molecule has 0 spiro atoms. The van der Waals surface area contributed by atoms with Crippen LogP contribution >= 0.6 is 11.8 Å². The molecule has 1 amide bonds. The van der Waals surface area contributed by atoms with Crippen molar-refractivity contribution in [2.45, 2.75) is 5.75 Å². The molecule has 2 aromatic carbocycles. The van der Waals surface area contributed by atoms with Crippen LogP contribution in [-0.2, 0) is 10.5 Å². The molecule has 142 valence electrons. The Kier molecular flexibility index (Phi) is 7.63. The van der Waals surface area contributed by atoms with Crippen molar-refractivity contribution in [2.24, 2.45) is 5.10 Å². The molecule has 0 bridgehead atoms. The number of nitro groups is 1. The molecule has 9 heteroatoms. The van der Waals surface area contributed by atoms with Gasteiger partial charge in [0.1, 0.15) is 0 Å². The summed E-state index contributed by atoms with van der Waals surface area (Å²) in [5.41, 5.74) is 4.08. The number of ether oxygens (including phenoxy) is 2. The van der Waals surface area contributed by atoms with Crippen LogP contribution in [0.2, 0.25) is 0 Å². The molecule has 0 aliphatic heterocycles. The lowest BCUT2D eigenvalue weighted by Gasteiger charge is -2.09. The largest absolute Gasteiger partial charge is 0.493 e. The summed E-state index contributed by atoms with van der Waals surface area (Å²) in [4.78, 5) is 22.0. The Balaban J connectivity index is 1.81. The number of carbonyl (C=O) groups is 1. The molecule has 0 radical (unpaired) electrons. The highest BCUT2D eigenvalue weighted by Crippen LogP contribution is 2.29. The minimum Gasteiger partial charge on any atom is -0.493 e. The molecular formula is C18H19N3O5S. The summed E-state index contributed by atoms with van der Waals surface area (Å²) in [6.45, 7) is 0. The van der Waals surface area contributed by atoms with E-state index in [0.717, 1.165) is 5.56 Å². The number of carbonyl (C=O) groups excluding carboxylic acids is 1. The second-order valence-electron chi connectivity index (χ2n) is 5.29. The molecule has 27 heavy (non-hydrogen) atoms. The normalized spacial score (nSPS) is 10.6. The molecular weight excluding hydrogens is 370 g/mol. The molecule has 0 aromatic heterocycles. The monoisotopic (exact) mass is 389 g/mol. The van der Waals surface area contributed by atoms with Crippen molar-refractivity contribution in [3.63, 3.8) is 0 Å². The van der Waals surface area contributed by atoms with E-state index in [1.807, 2.05) is 0 Å². The predicted molar refractivity (Wildman–Crippen MR) is 105 cm³/mol. The zero-order valence-corrected chi connectivity index (χ0v) is 15.7. The Morgan fingerprint density at radius 2 is 1.96 bits per heavy atom. The second-order valence-corrected chi connectivity index (χ2v) is 6.28. The first kappa shape index (κ1) is 20.2. The second kappa shape index (κ2) is 10.2. The van der Waals surface area contributed by atoms with Crippen LogP contribution < -0.4 is 14.9 Å². The minimum atomic E-state index is -0.445. The van der Waals surface area contributed by atoms with Gasteiger partial charge in [-0.1, -0.05) is 18.2 Å². The molecule has 8 nitrogen and oxygen atoms in total. The fraction of sp³-hybridized carbons (Fsp3) is 0.222. The van der Waals surface area contributed by atoms with Crippen molar-refractivity contribution >= 4 is 29.6 Å². The van der Waals surface area contributed by atoms with Gasteiger partial charge in [-0.15, -0.1) is 11.8 Å². The number of hydrogen-bond donors (Lipinski definition) is 1. The molecule has 0 heterocycles. The van der Waals surface area contributed by atoms with Gasteiger partial charge in [-0.25, -0.2) is 5.43 Å². The lowest BCUT2D eigenvalue weighted by Crippen LogP contribution is -2.19. The number of rotatable bonds is 9. The van der Waals surface area contributed by atoms with E-state index >= 15 is 0 Å². The first-order valence-electron chi connectivity index (χ1n) is 7.89. The van der Waals surface area contributed by atoms with Gasteiger partial charge < -0.3 is 9.47 Å². The summed E-state index contributed by atoms with van der Waals surface area (Å²) in [5, 5.41) is 14.5. The summed E-state index contributed by atoms with van der Waals surface area (Å²) < 4.78 is 10.5. The van der Waals surface area contributed by atoms with E-state index < -0.39 is 4.92 Å². The number of hydrogen-bond acceptors (Lipinski definition) is 7. The van der Waals surface area contributed by atoms with Gasteiger partial charge in [0.15, 0.2) is 11.5 Å². The predicted octanol–water partition coefficient (Wildman–Crippen LogP) is 3.00. The zero-order chi connectivity index (χ0) is 19.6. The molecule has 0 unspecified atom stereocenters. The van der Waals surface area contributed by atoms with Gasteiger partial charge in [-0.05, 0) is 17.7 Å². The number of para-hydroxylation sites is 1. The topological polar surface area (TPSA) is 103 Å². The number of nitro benzene ring substituents is 1. The van der Waals surface area contributed by atoms with E-state index in [1.54, 1.807) is 37.4 Å². The molecule has 1 N–H and O–H groups in total. The smallest absolute Gasteiger partial charge is 0.269 e. The van der Waals surface area contributed by atoms with Gasteiger partial charge in [0, 0.05) is 23.4 Å². The van der Waals surface area contributed by atoms with Gasteiger partial charge >= 0.3 is 0 Å². The average molecular weight is 389 g/mol. The molecule has 0 saturated heterocycles. The SMILES string of the molecule is COc1cccc(C=NNC(=O)CSCc2ccc([N+](=O)[O-])cc2)c1OC. The summed E-state index contributed by atoms with van der Waals surface area (Å²) in [6.07, 6.45) is 1.49. The Labute approximate surface area is 160 Å². The first-order valence-corrected chi connectivity index (χ1v) is 9.04. The molecule has 0 aliphatic rings. The maximum Gasteiger partial charge on any atom is 0.269 e. The number of nitrogens with one attached hydrogen (secondary N) is 1. The molecule has 0 saturated carbocycles. The highest BCUT2D eigenvalue weighted by Gasteiger charge is 2.08. The van der Waals surface area contributed by atoms with E-state index in [1.165, 1.54) is 37.2 Å². The van der Waals surface area contributed by atoms with Crippen molar-refractivity contribution in [3.05, 3.63) is 63.7 Å². The summed E-state index contributed by atoms with van der Waals surface area (Å²) >= 11 is 1.39. The Morgan fingerprint density at radius 1 is 1.22 bits per heavy atom. The van der Waals surface area contributed by atoms with Gasteiger partial charge in [-0.2, -0.15) is 5.10 Å². The Hall–Kier alpha value is -3.07. The van der Waals surface area contributed by atoms with Gasteiger partial charge in [0.25, 0.3) is 5.69 Å². The van der Waals surface area contributed by atoms with E-state index in [4.69, 9.17) is 9.47 Å². The fourth-order valence-corrected chi connectivity index (χ4v) is 2.98. The molecule has 0 aliphatic carbocycles. The van der Waals surface area contributed by atoms with Crippen LogP contribution in [0.3, 0.4) is 0 Å². The van der Waals surface area contributed by atoms with Crippen LogP contribution in [0.15, 0.2) is 47.6 Å². The van der Waals surface area contributed by atoms with Gasteiger partial charge in [0.05, 0.1) is 31.1 Å². The number of thioether (sulfide) groups is 1. The highest BCUT2D eigenvalue weighted by molar-refractivity contribution is 7.99. The van der Waals surface area contributed by atoms with Crippen molar-refractivity contribution < 1.29 is 19.2 Å². The highest BCUT2D eigenvalue weighted by atomic mass is 32.2. The summed E-state index contributed by atoms with van der Waals surface area (Å²) in [7, 11) is 3.07. The summed E-state index contributed by atoms with van der Waals surface area (Å²) in [6, 6.07) is 11.6. The third-order valence-electron chi connectivity index (χ3n) is 3.48. The maximum absolute atomic E-state index is 11.9. The van der Waals surface area contributed by atoms with Gasteiger partial charge in [-0.3, -0.25) is 14.9 Å². The molecule has 0 atom stereocenters.